The van der Waals surface area contributed by atoms with Crippen molar-refractivity contribution in [3.05, 3.63) is 64.7 Å². The van der Waals surface area contributed by atoms with E-state index in [9.17, 15) is 19.8 Å². The lowest BCUT2D eigenvalue weighted by molar-refractivity contribution is -0.111. The van der Waals surface area contributed by atoms with Gasteiger partial charge in [-0.1, -0.05) is 18.2 Å². The third-order valence-corrected chi connectivity index (χ3v) is 4.78. The van der Waals surface area contributed by atoms with Gasteiger partial charge in [-0.2, -0.15) is 0 Å². The molecule has 0 spiro atoms. The van der Waals surface area contributed by atoms with Crippen molar-refractivity contribution in [1.29, 1.82) is 0 Å². The highest BCUT2D eigenvalue weighted by Gasteiger charge is 2.29. The van der Waals surface area contributed by atoms with E-state index in [2.05, 4.69) is 5.32 Å². The summed E-state index contributed by atoms with van der Waals surface area (Å²) in [5.41, 5.74) is 3.18. The Morgan fingerprint density at radius 2 is 1.97 bits per heavy atom. The highest BCUT2D eigenvalue weighted by atomic mass is 16.3. The number of aryl methyl sites for hydroxylation is 1. The van der Waals surface area contributed by atoms with Crippen LogP contribution in [0.3, 0.4) is 0 Å². The van der Waals surface area contributed by atoms with Crippen molar-refractivity contribution in [2.45, 2.75) is 20.0 Å². The largest absolute Gasteiger partial charge is 0.508 e. The molecule has 152 valence electrons. The average molecular weight is 395 g/mol. The summed E-state index contributed by atoms with van der Waals surface area (Å²) in [5, 5.41) is 22.6. The molecule has 1 aliphatic heterocycles. The van der Waals surface area contributed by atoms with Crippen LogP contribution in [0.4, 0.5) is 5.69 Å². The third kappa shape index (κ3) is 4.57. The monoisotopic (exact) mass is 395 g/mol. The summed E-state index contributed by atoms with van der Waals surface area (Å²) in [4.78, 5) is 28.8. The maximum atomic E-state index is 13.0. The van der Waals surface area contributed by atoms with Crippen LogP contribution in [0, 0.1) is 6.92 Å². The molecule has 1 aliphatic rings. The SMILES string of the molecule is Cc1cc(O)cc(O)c1C(=O)N1Cc2cccc(NC(=O)/C=C/CN(C)C)c2C1. The van der Waals surface area contributed by atoms with Crippen LogP contribution >= 0.6 is 0 Å². The summed E-state index contributed by atoms with van der Waals surface area (Å²) in [5.74, 6) is -0.881. The van der Waals surface area contributed by atoms with Gasteiger partial charge in [-0.05, 0) is 44.3 Å². The van der Waals surface area contributed by atoms with Gasteiger partial charge in [0.05, 0.1) is 5.56 Å². The molecule has 3 rings (SSSR count). The van der Waals surface area contributed by atoms with E-state index in [-0.39, 0.29) is 28.9 Å². The minimum atomic E-state index is -0.320. The molecule has 2 aromatic rings. The van der Waals surface area contributed by atoms with Gasteiger partial charge in [0.1, 0.15) is 11.5 Å². The van der Waals surface area contributed by atoms with Gasteiger partial charge in [0.25, 0.3) is 5.91 Å². The van der Waals surface area contributed by atoms with Gasteiger partial charge in [0, 0.05) is 43.0 Å². The number of carbonyl (C=O) groups excluding carboxylic acids is 2. The molecule has 0 saturated heterocycles. The number of carbonyl (C=O) groups is 2. The Labute approximate surface area is 169 Å². The number of amides is 2. The molecule has 2 amide bonds. The van der Waals surface area contributed by atoms with Crippen molar-refractivity contribution >= 4 is 17.5 Å². The Morgan fingerprint density at radius 3 is 2.66 bits per heavy atom. The maximum Gasteiger partial charge on any atom is 0.258 e. The molecule has 0 aromatic heterocycles. The van der Waals surface area contributed by atoms with Crippen molar-refractivity contribution in [3.8, 4) is 11.5 Å². The van der Waals surface area contributed by atoms with E-state index in [1.807, 2.05) is 37.2 Å². The summed E-state index contributed by atoms with van der Waals surface area (Å²) < 4.78 is 0. The molecular formula is C22H25N3O4. The topological polar surface area (TPSA) is 93.1 Å². The van der Waals surface area contributed by atoms with E-state index in [1.165, 1.54) is 12.1 Å². The fourth-order valence-electron chi connectivity index (χ4n) is 3.41. The van der Waals surface area contributed by atoms with E-state index in [0.29, 0.717) is 30.9 Å². The van der Waals surface area contributed by atoms with Crippen LogP contribution in [0.25, 0.3) is 0 Å². The van der Waals surface area contributed by atoms with Gasteiger partial charge in [-0.15, -0.1) is 0 Å². The first-order chi connectivity index (χ1) is 13.8. The molecule has 7 nitrogen and oxygen atoms in total. The minimum Gasteiger partial charge on any atom is -0.508 e. The number of fused-ring (bicyclic) bond motifs is 1. The summed E-state index contributed by atoms with van der Waals surface area (Å²) in [6.07, 6.45) is 3.28. The first-order valence-electron chi connectivity index (χ1n) is 9.31. The van der Waals surface area contributed by atoms with Crippen molar-refractivity contribution in [2.24, 2.45) is 0 Å². The van der Waals surface area contributed by atoms with Crippen LogP contribution in [-0.2, 0) is 17.9 Å². The minimum absolute atomic E-state index is 0.0893. The summed E-state index contributed by atoms with van der Waals surface area (Å²) in [6, 6.07) is 8.18. The quantitative estimate of drug-likeness (QED) is 0.677. The number of nitrogens with zero attached hydrogens (tertiary/aromatic N) is 2. The van der Waals surface area contributed by atoms with Gasteiger partial charge < -0.3 is 25.3 Å². The number of likely N-dealkylation sites (N-methyl/N-ethyl adjacent to an activating group) is 1. The van der Waals surface area contributed by atoms with Crippen LogP contribution in [0.1, 0.15) is 27.0 Å². The fourth-order valence-corrected chi connectivity index (χ4v) is 3.41. The lowest BCUT2D eigenvalue weighted by atomic mass is 10.1. The van der Waals surface area contributed by atoms with Crippen LogP contribution in [0.15, 0.2) is 42.5 Å². The molecule has 29 heavy (non-hydrogen) atoms. The predicted molar refractivity (Wildman–Crippen MR) is 111 cm³/mol. The maximum absolute atomic E-state index is 13.0. The van der Waals surface area contributed by atoms with Gasteiger partial charge in [0.15, 0.2) is 0 Å². The van der Waals surface area contributed by atoms with E-state index in [4.69, 9.17) is 0 Å². The Kier molecular flexibility index (Phi) is 5.89. The standard InChI is InChI=1S/C22H25N3O4/c1-14-10-16(26)11-19(27)21(14)22(29)25-12-15-6-4-7-18(17(15)13-25)23-20(28)8-5-9-24(2)3/h4-8,10-11,26-27H,9,12-13H2,1-3H3,(H,23,28)/b8-5+. The molecule has 0 radical (unpaired) electrons. The zero-order valence-corrected chi connectivity index (χ0v) is 16.8. The van der Waals surface area contributed by atoms with Gasteiger partial charge >= 0.3 is 0 Å². The second kappa shape index (κ2) is 8.36. The number of nitrogens with one attached hydrogen (secondary N) is 1. The van der Waals surface area contributed by atoms with Crippen LogP contribution in [0.5, 0.6) is 11.5 Å². The summed E-state index contributed by atoms with van der Waals surface area (Å²) in [7, 11) is 3.84. The molecule has 0 saturated carbocycles. The number of hydrogen-bond donors (Lipinski definition) is 3. The molecular weight excluding hydrogens is 370 g/mol. The Bertz CT molecular complexity index is 959. The van der Waals surface area contributed by atoms with Gasteiger partial charge in [0.2, 0.25) is 5.91 Å². The average Bonchev–Trinajstić information content (AvgIpc) is 3.06. The highest BCUT2D eigenvalue weighted by Crippen LogP contribution is 2.33. The Hall–Kier alpha value is -3.32. The van der Waals surface area contributed by atoms with E-state index >= 15 is 0 Å². The molecule has 3 N–H and O–H groups in total. The number of anilines is 1. The smallest absolute Gasteiger partial charge is 0.258 e. The van der Waals surface area contributed by atoms with Crippen molar-refractivity contribution in [3.63, 3.8) is 0 Å². The first kappa shape index (κ1) is 20.4. The zero-order valence-electron chi connectivity index (χ0n) is 16.8. The number of phenols is 2. The second-order valence-electron chi connectivity index (χ2n) is 7.42. The van der Waals surface area contributed by atoms with Gasteiger partial charge in [-0.25, -0.2) is 0 Å². The van der Waals surface area contributed by atoms with Crippen molar-refractivity contribution < 1.29 is 19.8 Å². The molecule has 7 heteroatoms. The Balaban J connectivity index is 1.77. The first-order valence-corrected chi connectivity index (χ1v) is 9.31. The number of aromatic hydroxyl groups is 2. The lowest BCUT2D eigenvalue weighted by Gasteiger charge is -2.18. The molecule has 0 atom stereocenters. The number of hydrogen-bond acceptors (Lipinski definition) is 5. The Morgan fingerprint density at radius 1 is 1.21 bits per heavy atom. The van der Waals surface area contributed by atoms with Crippen LogP contribution < -0.4 is 5.32 Å². The van der Waals surface area contributed by atoms with E-state index in [0.717, 1.165) is 17.2 Å². The number of benzene rings is 2. The van der Waals surface area contributed by atoms with Crippen molar-refractivity contribution in [2.75, 3.05) is 26.0 Å². The fraction of sp³-hybridized carbons (Fsp3) is 0.273. The molecule has 2 aromatic carbocycles. The highest BCUT2D eigenvalue weighted by molar-refractivity contribution is 6.01. The lowest BCUT2D eigenvalue weighted by Crippen LogP contribution is -2.26. The summed E-state index contributed by atoms with van der Waals surface area (Å²) in [6.45, 7) is 3.04. The van der Waals surface area contributed by atoms with Gasteiger partial charge in [-0.3, -0.25) is 9.59 Å². The predicted octanol–water partition coefficient (Wildman–Crippen LogP) is 2.62. The summed E-state index contributed by atoms with van der Waals surface area (Å²) >= 11 is 0. The normalized spacial score (nSPS) is 13.2. The molecule has 1 heterocycles. The number of rotatable bonds is 5. The van der Waals surface area contributed by atoms with E-state index < -0.39 is 0 Å². The molecule has 0 fully saturated rings. The van der Waals surface area contributed by atoms with Crippen LogP contribution in [-0.4, -0.2) is 52.5 Å². The molecule has 0 bridgehead atoms. The zero-order chi connectivity index (χ0) is 21.1. The molecule has 0 aliphatic carbocycles. The second-order valence-corrected chi connectivity index (χ2v) is 7.42. The van der Waals surface area contributed by atoms with Crippen LogP contribution in [0.2, 0.25) is 0 Å². The van der Waals surface area contributed by atoms with Crippen molar-refractivity contribution in [1.82, 2.24) is 9.80 Å². The third-order valence-electron chi connectivity index (χ3n) is 4.78. The number of phenolic OH excluding ortho intramolecular Hbond substituents is 2. The molecule has 0 unspecified atom stereocenters. The van der Waals surface area contributed by atoms with E-state index in [1.54, 1.807) is 17.9 Å².